The summed E-state index contributed by atoms with van der Waals surface area (Å²) < 4.78 is 66.9. The first-order valence-electron chi connectivity index (χ1n) is 11.4. The van der Waals surface area contributed by atoms with Crippen molar-refractivity contribution in [2.75, 3.05) is 6.54 Å². The third-order valence-corrected chi connectivity index (χ3v) is 5.79. The number of nitrogens with zero attached hydrogens (tertiary/aromatic N) is 1. The van der Waals surface area contributed by atoms with Crippen LogP contribution in [0.15, 0.2) is 54.6 Å². The number of pyridine rings is 1. The van der Waals surface area contributed by atoms with E-state index in [1.54, 1.807) is 0 Å². The van der Waals surface area contributed by atoms with Crippen molar-refractivity contribution < 1.29 is 31.9 Å². The van der Waals surface area contributed by atoms with Crippen molar-refractivity contribution in [2.24, 2.45) is 0 Å². The molecule has 1 amide bonds. The van der Waals surface area contributed by atoms with Gasteiger partial charge < -0.3 is 15.7 Å². The monoisotopic (exact) mass is 541 g/mol. The van der Waals surface area contributed by atoms with Crippen LogP contribution in [0.1, 0.15) is 39.7 Å². The minimum atomic E-state index is -4.77. The van der Waals surface area contributed by atoms with E-state index in [9.17, 15) is 31.9 Å². The second-order valence-corrected chi connectivity index (χ2v) is 8.88. The number of amides is 1. The first kappa shape index (κ1) is 28.5. The van der Waals surface area contributed by atoms with Crippen molar-refractivity contribution in [3.8, 4) is 0 Å². The molecule has 3 aromatic rings. The van der Waals surface area contributed by atoms with Crippen LogP contribution in [0, 0.1) is 11.6 Å². The predicted molar refractivity (Wildman–Crippen MR) is 129 cm³/mol. The highest BCUT2D eigenvalue weighted by atomic mass is 35.5. The third-order valence-electron chi connectivity index (χ3n) is 5.60. The maximum atomic E-state index is 13.7. The van der Waals surface area contributed by atoms with Crippen LogP contribution < -0.4 is 10.6 Å². The van der Waals surface area contributed by atoms with Crippen LogP contribution >= 0.6 is 11.6 Å². The number of aliphatic hydroxyl groups excluding tert-OH is 1. The van der Waals surface area contributed by atoms with Crippen molar-refractivity contribution in [3.05, 3.63) is 99.3 Å². The van der Waals surface area contributed by atoms with Crippen LogP contribution in [0.4, 0.5) is 22.0 Å². The largest absolute Gasteiger partial charge is 0.416 e. The summed E-state index contributed by atoms with van der Waals surface area (Å²) in [5.74, 6) is -2.74. The fourth-order valence-corrected chi connectivity index (χ4v) is 3.96. The van der Waals surface area contributed by atoms with Gasteiger partial charge in [0.05, 0.1) is 17.7 Å². The first-order chi connectivity index (χ1) is 17.4. The molecule has 0 spiro atoms. The van der Waals surface area contributed by atoms with Crippen LogP contribution in [-0.2, 0) is 25.6 Å². The molecule has 0 aliphatic carbocycles. The average Bonchev–Trinajstić information content (AvgIpc) is 2.82. The number of aliphatic hydroxyl groups is 1. The lowest BCUT2D eigenvalue weighted by Gasteiger charge is -2.25. The van der Waals surface area contributed by atoms with Crippen molar-refractivity contribution >= 4 is 17.5 Å². The number of alkyl halides is 3. The van der Waals surface area contributed by atoms with Gasteiger partial charge in [0.1, 0.15) is 22.5 Å². The van der Waals surface area contributed by atoms with Gasteiger partial charge in [0.2, 0.25) is 0 Å². The zero-order chi connectivity index (χ0) is 27.2. The quantitative estimate of drug-likeness (QED) is 0.247. The number of aromatic nitrogens is 1. The Morgan fingerprint density at radius 2 is 1.70 bits per heavy atom. The van der Waals surface area contributed by atoms with E-state index in [1.165, 1.54) is 0 Å². The van der Waals surface area contributed by atoms with Gasteiger partial charge in [-0.05, 0) is 53.8 Å². The molecule has 0 fully saturated rings. The summed E-state index contributed by atoms with van der Waals surface area (Å²) in [6.45, 7) is 2.38. The number of hydrogen-bond donors (Lipinski definition) is 3. The maximum absolute atomic E-state index is 13.7. The molecule has 1 heterocycles. The number of benzene rings is 2. The second kappa shape index (κ2) is 12.4. The molecule has 3 rings (SSSR count). The molecule has 3 N–H and O–H groups in total. The van der Waals surface area contributed by atoms with E-state index < -0.39 is 52.3 Å². The predicted octanol–water partition coefficient (Wildman–Crippen LogP) is 5.09. The number of rotatable bonds is 10. The zero-order valence-corrected chi connectivity index (χ0v) is 20.5. The summed E-state index contributed by atoms with van der Waals surface area (Å²) in [6.07, 6.45) is -5.40. The topological polar surface area (TPSA) is 74.2 Å². The Morgan fingerprint density at radius 1 is 1.03 bits per heavy atom. The highest BCUT2D eigenvalue weighted by Crippen LogP contribution is 2.31. The van der Waals surface area contributed by atoms with Crippen LogP contribution in [0.3, 0.4) is 0 Å². The summed E-state index contributed by atoms with van der Waals surface area (Å²) in [7, 11) is 0. The Hall–Kier alpha value is -3.08. The lowest BCUT2D eigenvalue weighted by Crippen LogP contribution is -2.49. The molecular formula is C26H25ClF5N3O2. The minimum absolute atomic E-state index is 0.0319. The van der Waals surface area contributed by atoms with Gasteiger partial charge in [0, 0.05) is 19.2 Å². The molecule has 11 heteroatoms. The van der Waals surface area contributed by atoms with Crippen LogP contribution in [0.5, 0.6) is 0 Å². The Kier molecular flexibility index (Phi) is 9.58. The highest BCUT2D eigenvalue weighted by Gasteiger charge is 2.33. The fourth-order valence-electron chi connectivity index (χ4n) is 3.75. The summed E-state index contributed by atoms with van der Waals surface area (Å²) in [5.41, 5.74) is 0.435. The number of hydrogen-bond acceptors (Lipinski definition) is 4. The number of carbonyl (C=O) groups is 1. The molecule has 1 aromatic heterocycles. The van der Waals surface area contributed by atoms with E-state index >= 15 is 0 Å². The van der Waals surface area contributed by atoms with Crippen molar-refractivity contribution in [3.63, 3.8) is 0 Å². The van der Waals surface area contributed by atoms with E-state index in [2.05, 4.69) is 15.6 Å². The van der Waals surface area contributed by atoms with E-state index in [4.69, 9.17) is 11.6 Å². The fraction of sp³-hybridized carbons (Fsp3) is 0.308. The van der Waals surface area contributed by atoms with Gasteiger partial charge >= 0.3 is 6.18 Å². The molecule has 0 bridgehead atoms. The molecule has 198 valence electrons. The van der Waals surface area contributed by atoms with E-state index in [0.717, 1.165) is 29.7 Å². The number of halogens is 6. The minimum Gasteiger partial charge on any atom is -0.390 e. The molecule has 0 unspecified atom stereocenters. The Balaban J connectivity index is 1.78. The molecule has 0 saturated heterocycles. The molecule has 0 radical (unpaired) electrons. The SMILES string of the molecule is CCc1cccc(CNC[C@@H](O)[C@H](Cc2cc(F)cc(F)c2)NC(=O)c2cc(C(F)(F)F)cc(Cl)n2)c1. The lowest BCUT2D eigenvalue weighted by molar-refractivity contribution is -0.137. The molecule has 2 atom stereocenters. The number of aryl methyl sites for hydroxylation is 1. The highest BCUT2D eigenvalue weighted by molar-refractivity contribution is 6.29. The smallest absolute Gasteiger partial charge is 0.390 e. The van der Waals surface area contributed by atoms with Gasteiger partial charge in [-0.15, -0.1) is 0 Å². The molecule has 5 nitrogen and oxygen atoms in total. The lowest BCUT2D eigenvalue weighted by atomic mass is 10.00. The van der Waals surface area contributed by atoms with Crippen molar-refractivity contribution in [1.29, 1.82) is 0 Å². The molecule has 2 aromatic carbocycles. The Morgan fingerprint density at radius 3 is 2.35 bits per heavy atom. The number of carbonyl (C=O) groups excluding carboxylic acids is 1. The van der Waals surface area contributed by atoms with Gasteiger partial charge in [-0.2, -0.15) is 13.2 Å². The Bertz CT molecular complexity index is 1220. The normalized spacial score (nSPS) is 13.3. The molecule has 0 aliphatic heterocycles. The second-order valence-electron chi connectivity index (χ2n) is 8.50. The molecule has 0 saturated carbocycles. The third kappa shape index (κ3) is 8.48. The van der Waals surface area contributed by atoms with E-state index in [1.807, 2.05) is 31.2 Å². The first-order valence-corrected chi connectivity index (χ1v) is 11.8. The molecule has 0 aliphatic rings. The Labute approximate surface area is 215 Å². The van der Waals surface area contributed by atoms with Crippen molar-refractivity contribution in [1.82, 2.24) is 15.6 Å². The van der Waals surface area contributed by atoms with E-state index in [-0.39, 0.29) is 18.5 Å². The van der Waals surface area contributed by atoms with Gasteiger partial charge in [0.15, 0.2) is 0 Å². The van der Waals surface area contributed by atoms with Gasteiger partial charge in [-0.1, -0.05) is 42.8 Å². The van der Waals surface area contributed by atoms with Gasteiger partial charge in [0.25, 0.3) is 5.91 Å². The van der Waals surface area contributed by atoms with Crippen molar-refractivity contribution in [2.45, 2.75) is 44.6 Å². The average molecular weight is 542 g/mol. The van der Waals surface area contributed by atoms with Crippen LogP contribution in [0.2, 0.25) is 5.15 Å². The van der Waals surface area contributed by atoms with Crippen LogP contribution in [-0.4, -0.2) is 34.7 Å². The van der Waals surface area contributed by atoms with Crippen LogP contribution in [0.25, 0.3) is 0 Å². The van der Waals surface area contributed by atoms with Gasteiger partial charge in [-0.25, -0.2) is 13.8 Å². The summed E-state index contributed by atoms with van der Waals surface area (Å²) >= 11 is 5.68. The summed E-state index contributed by atoms with van der Waals surface area (Å²) in [5, 5.41) is 15.8. The summed E-state index contributed by atoms with van der Waals surface area (Å²) in [6, 6.07) is 10.5. The number of nitrogens with one attached hydrogen (secondary N) is 2. The standard InChI is InChI=1S/C26H25ClF5N3O2/c1-2-15-4-3-5-16(6-15)13-33-14-23(36)21(9-17-7-19(28)12-20(29)8-17)35-25(37)22-10-18(26(30,31)32)11-24(27)34-22/h3-8,10-12,21,23,33,36H,2,9,13-14H2,1H3,(H,35,37)/t21-,23+/m0/s1. The molecular weight excluding hydrogens is 517 g/mol. The van der Waals surface area contributed by atoms with Gasteiger partial charge in [-0.3, -0.25) is 4.79 Å². The molecule has 37 heavy (non-hydrogen) atoms. The zero-order valence-electron chi connectivity index (χ0n) is 19.7. The summed E-state index contributed by atoms with van der Waals surface area (Å²) in [4.78, 5) is 16.5. The van der Waals surface area contributed by atoms with E-state index in [0.29, 0.717) is 24.7 Å². The maximum Gasteiger partial charge on any atom is 0.416 e.